The van der Waals surface area contributed by atoms with Crippen LogP contribution in [0.1, 0.15) is 33.9 Å². The number of piperidine rings is 1. The molecule has 1 aliphatic rings. The highest BCUT2D eigenvalue weighted by Crippen LogP contribution is 2.32. The zero-order valence-electron chi connectivity index (χ0n) is 13.8. The maximum Gasteiger partial charge on any atom is 0.274 e. The Kier molecular flexibility index (Phi) is 4.66. The molecule has 0 spiro atoms. The molecule has 1 fully saturated rings. The average Bonchev–Trinajstić information content (AvgIpc) is 2.96. The van der Waals surface area contributed by atoms with Crippen molar-refractivity contribution < 1.29 is 9.59 Å². The summed E-state index contributed by atoms with van der Waals surface area (Å²) in [7, 11) is 0. The molecule has 5 nitrogen and oxygen atoms in total. The third kappa shape index (κ3) is 3.19. The second kappa shape index (κ2) is 6.73. The van der Waals surface area contributed by atoms with Gasteiger partial charge in [0.1, 0.15) is 11.7 Å². The van der Waals surface area contributed by atoms with E-state index in [2.05, 4.69) is 4.98 Å². The fraction of sp³-hybridized carbons (Fsp3) is 0.333. The minimum Gasteiger partial charge on any atom is -0.368 e. The lowest BCUT2D eigenvalue weighted by atomic mass is 10.0. The Morgan fingerprint density at radius 1 is 1.33 bits per heavy atom. The number of likely N-dealkylation sites (tertiary alicyclic amines) is 1. The lowest BCUT2D eigenvalue weighted by Gasteiger charge is -2.33. The van der Waals surface area contributed by atoms with Gasteiger partial charge < -0.3 is 10.6 Å². The van der Waals surface area contributed by atoms with Crippen LogP contribution in [0.15, 0.2) is 24.3 Å². The minimum atomic E-state index is -0.654. The van der Waals surface area contributed by atoms with Crippen molar-refractivity contribution >= 4 is 23.2 Å². The van der Waals surface area contributed by atoms with E-state index in [1.807, 2.05) is 44.5 Å². The van der Waals surface area contributed by atoms with Gasteiger partial charge in [-0.25, -0.2) is 4.98 Å². The Morgan fingerprint density at radius 2 is 2.12 bits per heavy atom. The number of carbonyl (C=O) groups is 2. The second-order valence-electron chi connectivity index (χ2n) is 6.00. The molecule has 1 aromatic heterocycles. The predicted molar refractivity (Wildman–Crippen MR) is 94.6 cm³/mol. The van der Waals surface area contributed by atoms with Crippen LogP contribution in [0, 0.1) is 20.3 Å². The van der Waals surface area contributed by atoms with Crippen molar-refractivity contribution in [1.82, 2.24) is 9.88 Å². The monoisotopic (exact) mass is 342 g/mol. The highest BCUT2D eigenvalue weighted by atomic mass is 32.1. The van der Waals surface area contributed by atoms with Crippen molar-refractivity contribution in [1.29, 1.82) is 0 Å². The van der Waals surface area contributed by atoms with Crippen molar-refractivity contribution in [2.45, 2.75) is 32.7 Å². The standard InChI is InChI=1S/C18H20N3O2S/c1-11-6-5-7-13(10-11)16-15(20-12(2)24-16)18(23)21-9-4-3-8-14(21)17(19)22/h5-8,10,14H,3-4,9H2,1-2H3,(H2,19,22). The Bertz CT molecular complexity index is 784. The number of nitrogens with two attached hydrogens (primary N) is 1. The van der Waals surface area contributed by atoms with E-state index in [1.165, 1.54) is 11.3 Å². The molecule has 2 N–H and O–H groups in total. The van der Waals surface area contributed by atoms with Crippen LogP contribution < -0.4 is 5.73 Å². The fourth-order valence-corrected chi connectivity index (χ4v) is 3.90. The van der Waals surface area contributed by atoms with Gasteiger partial charge in [-0.2, -0.15) is 0 Å². The molecule has 125 valence electrons. The number of primary amides is 1. The number of thiazole rings is 1. The first-order valence-electron chi connectivity index (χ1n) is 7.95. The van der Waals surface area contributed by atoms with Gasteiger partial charge in [-0.3, -0.25) is 9.59 Å². The van der Waals surface area contributed by atoms with Crippen molar-refractivity contribution in [3.63, 3.8) is 0 Å². The Labute approximate surface area is 145 Å². The first-order valence-corrected chi connectivity index (χ1v) is 8.77. The molecule has 2 aromatic rings. The maximum atomic E-state index is 13.0. The Morgan fingerprint density at radius 3 is 2.83 bits per heavy atom. The van der Waals surface area contributed by atoms with Crippen LogP contribution in [0.4, 0.5) is 0 Å². The summed E-state index contributed by atoms with van der Waals surface area (Å²) >= 11 is 1.49. The number of amides is 2. The van der Waals surface area contributed by atoms with E-state index in [4.69, 9.17) is 5.73 Å². The molecule has 1 unspecified atom stereocenters. The predicted octanol–water partition coefficient (Wildman–Crippen LogP) is 2.72. The summed E-state index contributed by atoms with van der Waals surface area (Å²) in [6.45, 7) is 4.42. The van der Waals surface area contributed by atoms with E-state index in [0.717, 1.165) is 33.9 Å². The van der Waals surface area contributed by atoms with Gasteiger partial charge in [0.15, 0.2) is 0 Å². The summed E-state index contributed by atoms with van der Waals surface area (Å²) < 4.78 is 0. The molecular weight excluding hydrogens is 322 g/mol. The van der Waals surface area contributed by atoms with E-state index in [9.17, 15) is 9.59 Å². The number of aryl methyl sites for hydroxylation is 2. The van der Waals surface area contributed by atoms with E-state index in [-0.39, 0.29) is 5.91 Å². The van der Waals surface area contributed by atoms with Gasteiger partial charge >= 0.3 is 0 Å². The maximum absolute atomic E-state index is 13.0. The molecule has 6 heteroatoms. The van der Waals surface area contributed by atoms with Gasteiger partial charge in [-0.1, -0.05) is 29.8 Å². The molecule has 1 radical (unpaired) electrons. The van der Waals surface area contributed by atoms with E-state index in [1.54, 1.807) is 4.90 Å². The average molecular weight is 342 g/mol. The summed E-state index contributed by atoms with van der Waals surface area (Å²) in [4.78, 5) is 31.6. The molecule has 0 bridgehead atoms. The van der Waals surface area contributed by atoms with E-state index < -0.39 is 11.9 Å². The van der Waals surface area contributed by atoms with Gasteiger partial charge in [0.05, 0.1) is 9.88 Å². The third-order valence-electron chi connectivity index (χ3n) is 4.10. The van der Waals surface area contributed by atoms with Crippen LogP contribution in [0.25, 0.3) is 10.4 Å². The fourth-order valence-electron chi connectivity index (χ4n) is 2.99. The normalized spacial score (nSPS) is 17.8. The molecule has 3 rings (SSSR count). The smallest absolute Gasteiger partial charge is 0.274 e. The van der Waals surface area contributed by atoms with Crippen LogP contribution in [0.3, 0.4) is 0 Å². The van der Waals surface area contributed by atoms with Gasteiger partial charge in [0.25, 0.3) is 5.91 Å². The van der Waals surface area contributed by atoms with Gasteiger partial charge in [-0.05, 0) is 38.7 Å². The quantitative estimate of drug-likeness (QED) is 0.932. The van der Waals surface area contributed by atoms with Crippen LogP contribution >= 0.6 is 11.3 Å². The van der Waals surface area contributed by atoms with E-state index in [0.29, 0.717) is 12.2 Å². The van der Waals surface area contributed by atoms with Crippen LogP contribution in [0.5, 0.6) is 0 Å². The second-order valence-corrected chi connectivity index (χ2v) is 7.21. The first kappa shape index (κ1) is 16.6. The SMILES string of the molecule is Cc1cccc(-c2sc(C)nc2C(=O)N2CCC[CH]C2C(N)=O)c1. The third-order valence-corrected chi connectivity index (χ3v) is 5.12. The molecule has 2 amide bonds. The number of hydrogen-bond donors (Lipinski definition) is 1. The number of hydrogen-bond acceptors (Lipinski definition) is 4. The Hall–Kier alpha value is -2.21. The summed E-state index contributed by atoms with van der Waals surface area (Å²) in [6, 6.07) is 7.34. The molecule has 1 atom stereocenters. The number of benzene rings is 1. The Balaban J connectivity index is 2.00. The lowest BCUT2D eigenvalue weighted by Crippen LogP contribution is -2.51. The number of carbonyl (C=O) groups excluding carboxylic acids is 2. The molecule has 1 aromatic carbocycles. The number of nitrogens with zero attached hydrogens (tertiary/aromatic N) is 2. The van der Waals surface area contributed by atoms with Crippen molar-refractivity contribution in [3.8, 4) is 10.4 Å². The van der Waals surface area contributed by atoms with Crippen LogP contribution in [0.2, 0.25) is 0 Å². The summed E-state index contributed by atoms with van der Waals surface area (Å²) in [5, 5.41) is 0.825. The lowest BCUT2D eigenvalue weighted by molar-refractivity contribution is -0.121. The molecule has 0 aliphatic carbocycles. The molecule has 0 saturated carbocycles. The summed E-state index contributed by atoms with van der Waals surface area (Å²) in [5.74, 6) is -0.720. The van der Waals surface area contributed by atoms with Gasteiger partial charge in [-0.15, -0.1) is 11.3 Å². The van der Waals surface area contributed by atoms with Crippen molar-refractivity contribution in [3.05, 3.63) is 47.0 Å². The van der Waals surface area contributed by atoms with Gasteiger partial charge in [0, 0.05) is 6.54 Å². The topological polar surface area (TPSA) is 76.3 Å². The number of rotatable bonds is 3. The molecule has 2 heterocycles. The highest BCUT2D eigenvalue weighted by molar-refractivity contribution is 7.15. The van der Waals surface area contributed by atoms with Crippen molar-refractivity contribution in [2.24, 2.45) is 5.73 Å². The summed E-state index contributed by atoms with van der Waals surface area (Å²) in [6.07, 6.45) is 3.44. The van der Waals surface area contributed by atoms with Crippen LogP contribution in [-0.4, -0.2) is 34.3 Å². The number of aromatic nitrogens is 1. The molecular formula is C18H20N3O2S. The summed E-state index contributed by atoms with van der Waals surface area (Å²) in [5.41, 5.74) is 7.97. The molecule has 1 saturated heterocycles. The van der Waals surface area contributed by atoms with Crippen molar-refractivity contribution in [2.75, 3.05) is 6.54 Å². The molecule has 1 aliphatic heterocycles. The minimum absolute atomic E-state index is 0.226. The zero-order valence-corrected chi connectivity index (χ0v) is 14.6. The largest absolute Gasteiger partial charge is 0.368 e. The first-order chi connectivity index (χ1) is 11.5. The molecule has 24 heavy (non-hydrogen) atoms. The highest BCUT2D eigenvalue weighted by Gasteiger charge is 2.33. The van der Waals surface area contributed by atoms with Crippen LogP contribution in [-0.2, 0) is 4.79 Å². The van der Waals surface area contributed by atoms with Gasteiger partial charge in [0.2, 0.25) is 5.91 Å². The zero-order chi connectivity index (χ0) is 17.3. The van der Waals surface area contributed by atoms with E-state index >= 15 is 0 Å².